The minimum Gasteiger partial charge on any atom is -0.495 e. The predicted molar refractivity (Wildman–Crippen MR) is 113 cm³/mol. The summed E-state index contributed by atoms with van der Waals surface area (Å²) in [6, 6.07) is 8.07. The van der Waals surface area contributed by atoms with Crippen molar-refractivity contribution in [2.75, 3.05) is 12.4 Å². The van der Waals surface area contributed by atoms with E-state index in [-0.39, 0.29) is 24.3 Å². The van der Waals surface area contributed by atoms with Gasteiger partial charge in [0.05, 0.1) is 29.4 Å². The largest absolute Gasteiger partial charge is 0.495 e. The van der Waals surface area contributed by atoms with Crippen molar-refractivity contribution >= 4 is 23.2 Å². The van der Waals surface area contributed by atoms with E-state index >= 15 is 0 Å². The second-order valence-electron chi connectivity index (χ2n) is 7.56. The zero-order valence-corrected chi connectivity index (χ0v) is 17.7. The van der Waals surface area contributed by atoms with Crippen molar-refractivity contribution < 1.29 is 27.8 Å². The lowest BCUT2D eigenvalue weighted by molar-refractivity contribution is -0.137. The van der Waals surface area contributed by atoms with E-state index in [4.69, 9.17) is 16.3 Å². The molecule has 0 unspecified atom stereocenters. The van der Waals surface area contributed by atoms with Crippen molar-refractivity contribution in [3.05, 3.63) is 58.1 Å². The number of hydrogen-bond donors (Lipinski definition) is 3. The number of anilines is 1. The van der Waals surface area contributed by atoms with Gasteiger partial charge in [0, 0.05) is 18.3 Å². The van der Waals surface area contributed by atoms with E-state index in [1.807, 2.05) is 0 Å². The first-order valence-electron chi connectivity index (χ1n) is 9.94. The molecule has 1 fully saturated rings. The molecule has 31 heavy (non-hydrogen) atoms. The molecule has 168 valence electrons. The van der Waals surface area contributed by atoms with Crippen LogP contribution in [0.25, 0.3) is 0 Å². The lowest BCUT2D eigenvalue weighted by Crippen LogP contribution is -2.30. The van der Waals surface area contributed by atoms with Crippen LogP contribution in [0.5, 0.6) is 5.75 Å². The van der Waals surface area contributed by atoms with Crippen molar-refractivity contribution in [1.29, 1.82) is 0 Å². The summed E-state index contributed by atoms with van der Waals surface area (Å²) in [5.74, 6) is -0.143. The number of aliphatic hydroxyl groups is 1. The van der Waals surface area contributed by atoms with Gasteiger partial charge in [-0.3, -0.25) is 4.79 Å². The summed E-state index contributed by atoms with van der Waals surface area (Å²) >= 11 is 6.09. The number of hydrogen-bond acceptors (Lipinski definition) is 4. The Labute approximate surface area is 183 Å². The van der Waals surface area contributed by atoms with Gasteiger partial charge in [-0.15, -0.1) is 0 Å². The highest BCUT2D eigenvalue weighted by molar-refractivity contribution is 6.32. The molecule has 0 bridgehead atoms. The van der Waals surface area contributed by atoms with Crippen molar-refractivity contribution in [2.24, 2.45) is 0 Å². The molecule has 0 radical (unpaired) electrons. The van der Waals surface area contributed by atoms with E-state index < -0.39 is 17.6 Å². The number of ether oxygens (including phenoxy) is 1. The number of aliphatic hydroxyl groups excluding tert-OH is 1. The van der Waals surface area contributed by atoms with E-state index in [2.05, 4.69) is 10.6 Å². The fourth-order valence-electron chi connectivity index (χ4n) is 3.57. The van der Waals surface area contributed by atoms with Crippen LogP contribution in [0.3, 0.4) is 0 Å². The average molecular weight is 457 g/mol. The molecule has 3 N–H and O–H groups in total. The SMILES string of the molecule is COc1ccc(CNC(=O)c2cc(C(F)(F)F)ccc2NC2CCC(O)CC2)cc1Cl. The minimum absolute atomic E-state index is 0.0212. The summed E-state index contributed by atoms with van der Waals surface area (Å²) in [5.41, 5.74) is 0.0388. The number of alkyl halides is 3. The standard InChI is InChI=1S/C22H24ClF3N2O3/c1-31-20-9-2-13(10-18(20)23)12-27-21(30)17-11-14(22(24,25)26)3-8-19(17)28-15-4-6-16(29)7-5-15/h2-3,8-11,15-16,28-29H,4-7,12H2,1H3,(H,27,30). The maximum absolute atomic E-state index is 13.2. The van der Waals surface area contributed by atoms with Crippen molar-refractivity contribution in [2.45, 2.75) is 50.6 Å². The maximum atomic E-state index is 13.2. The second-order valence-corrected chi connectivity index (χ2v) is 7.97. The molecule has 5 nitrogen and oxygen atoms in total. The topological polar surface area (TPSA) is 70.6 Å². The van der Waals surface area contributed by atoms with E-state index in [1.54, 1.807) is 18.2 Å². The molecule has 1 aliphatic carbocycles. The van der Waals surface area contributed by atoms with Gasteiger partial charge in [0.15, 0.2) is 0 Å². The Morgan fingerprint density at radius 3 is 2.48 bits per heavy atom. The van der Waals surface area contributed by atoms with Gasteiger partial charge in [-0.2, -0.15) is 13.2 Å². The van der Waals surface area contributed by atoms with Crippen LogP contribution in [-0.4, -0.2) is 30.3 Å². The Hall–Kier alpha value is -2.45. The van der Waals surface area contributed by atoms with E-state index in [1.165, 1.54) is 13.2 Å². The van der Waals surface area contributed by atoms with Gasteiger partial charge in [-0.05, 0) is 61.6 Å². The monoisotopic (exact) mass is 456 g/mol. The third-order valence-electron chi connectivity index (χ3n) is 5.32. The number of halogens is 4. The van der Waals surface area contributed by atoms with Crippen LogP contribution in [0.4, 0.5) is 18.9 Å². The van der Waals surface area contributed by atoms with Crippen LogP contribution in [0.1, 0.15) is 47.2 Å². The first-order chi connectivity index (χ1) is 14.7. The summed E-state index contributed by atoms with van der Waals surface area (Å²) in [7, 11) is 1.48. The number of carbonyl (C=O) groups is 1. The van der Waals surface area contributed by atoms with Crippen molar-refractivity contribution in [3.8, 4) is 5.75 Å². The molecule has 2 aromatic carbocycles. The third-order valence-corrected chi connectivity index (χ3v) is 5.61. The highest BCUT2D eigenvalue weighted by Gasteiger charge is 2.32. The van der Waals surface area contributed by atoms with Crippen molar-refractivity contribution in [3.63, 3.8) is 0 Å². The fourth-order valence-corrected chi connectivity index (χ4v) is 3.85. The molecule has 3 rings (SSSR count). The van der Waals surface area contributed by atoms with Gasteiger partial charge in [0.25, 0.3) is 5.91 Å². The van der Waals surface area contributed by atoms with Gasteiger partial charge >= 0.3 is 6.18 Å². The number of rotatable bonds is 6. The van der Waals surface area contributed by atoms with Crippen LogP contribution >= 0.6 is 11.6 Å². The number of carbonyl (C=O) groups excluding carboxylic acids is 1. The number of methoxy groups -OCH3 is 1. The third kappa shape index (κ3) is 6.04. The minimum atomic E-state index is -4.56. The normalized spacial score (nSPS) is 19.0. The molecular weight excluding hydrogens is 433 g/mol. The Bertz CT molecular complexity index is 929. The van der Waals surface area contributed by atoms with Crippen LogP contribution in [0.2, 0.25) is 5.02 Å². The molecule has 9 heteroatoms. The quantitative estimate of drug-likeness (QED) is 0.571. The smallest absolute Gasteiger partial charge is 0.416 e. The molecule has 0 saturated heterocycles. The van der Waals surface area contributed by atoms with Gasteiger partial charge in [-0.25, -0.2) is 0 Å². The maximum Gasteiger partial charge on any atom is 0.416 e. The van der Waals surface area contributed by atoms with Gasteiger partial charge in [0.2, 0.25) is 0 Å². The Kier molecular flexibility index (Phi) is 7.33. The fraction of sp³-hybridized carbons (Fsp3) is 0.409. The second kappa shape index (κ2) is 9.78. The van der Waals surface area contributed by atoms with Crippen LogP contribution in [0, 0.1) is 0 Å². The van der Waals surface area contributed by atoms with Gasteiger partial charge in [-0.1, -0.05) is 17.7 Å². The van der Waals surface area contributed by atoms with Crippen LogP contribution < -0.4 is 15.4 Å². The van der Waals surface area contributed by atoms with E-state index in [0.29, 0.717) is 47.7 Å². The lowest BCUT2D eigenvalue weighted by Gasteiger charge is -2.28. The molecule has 2 aromatic rings. The molecule has 0 spiro atoms. The summed E-state index contributed by atoms with van der Waals surface area (Å²) in [5, 5.41) is 15.9. The zero-order valence-electron chi connectivity index (χ0n) is 16.9. The summed E-state index contributed by atoms with van der Waals surface area (Å²) in [4.78, 5) is 12.8. The molecule has 1 aliphatic rings. The first-order valence-corrected chi connectivity index (χ1v) is 10.3. The van der Waals surface area contributed by atoms with Crippen LogP contribution in [-0.2, 0) is 12.7 Å². The summed E-state index contributed by atoms with van der Waals surface area (Å²) in [6.45, 7) is 0.0911. The first kappa shape index (κ1) is 23.2. The predicted octanol–water partition coefficient (Wildman–Crippen LogP) is 5.01. The van der Waals surface area contributed by atoms with Crippen LogP contribution in [0.15, 0.2) is 36.4 Å². The van der Waals surface area contributed by atoms with E-state index in [0.717, 1.165) is 12.1 Å². The van der Waals surface area contributed by atoms with Crippen molar-refractivity contribution in [1.82, 2.24) is 5.32 Å². The van der Waals surface area contributed by atoms with Gasteiger partial charge in [0.1, 0.15) is 5.75 Å². The molecule has 0 atom stereocenters. The molecule has 1 amide bonds. The molecule has 1 saturated carbocycles. The Morgan fingerprint density at radius 1 is 1.16 bits per heavy atom. The lowest BCUT2D eigenvalue weighted by atomic mass is 9.92. The highest BCUT2D eigenvalue weighted by atomic mass is 35.5. The van der Waals surface area contributed by atoms with E-state index in [9.17, 15) is 23.1 Å². The number of amides is 1. The number of benzene rings is 2. The molecule has 0 aromatic heterocycles. The van der Waals surface area contributed by atoms with Gasteiger partial charge < -0.3 is 20.5 Å². The average Bonchev–Trinajstić information content (AvgIpc) is 2.73. The highest BCUT2D eigenvalue weighted by Crippen LogP contribution is 2.33. The zero-order chi connectivity index (χ0) is 22.6. The Morgan fingerprint density at radius 2 is 1.87 bits per heavy atom. The molecular formula is C22H24ClF3N2O3. The molecule has 0 heterocycles. The summed E-state index contributed by atoms with van der Waals surface area (Å²) < 4.78 is 44.8. The number of nitrogens with one attached hydrogen (secondary N) is 2. The molecule has 0 aliphatic heterocycles. The Balaban J connectivity index is 1.78. The summed E-state index contributed by atoms with van der Waals surface area (Å²) in [6.07, 6.45) is -2.35.